The fourth-order valence-electron chi connectivity index (χ4n) is 3.69. The Bertz CT molecular complexity index is 700. The molecular weight excluding hydrogens is 322 g/mol. The van der Waals surface area contributed by atoms with E-state index >= 15 is 0 Å². The molecule has 0 radical (unpaired) electrons. The minimum atomic E-state index is 0.276. The Kier molecular flexibility index (Phi) is 6.31. The van der Waals surface area contributed by atoms with Crippen LogP contribution in [-0.4, -0.2) is 35.6 Å². The lowest BCUT2D eigenvalue weighted by Crippen LogP contribution is -2.49. The molecule has 1 aliphatic carbocycles. The SMILES string of the molecule is CN=C(NCCCCn1ccnc1C)NCC1(c2ccccc2)CCC1. The Hall–Kier alpha value is -2.30. The van der Waals surface area contributed by atoms with Crippen molar-refractivity contribution in [1.29, 1.82) is 0 Å². The molecule has 1 aliphatic rings. The highest BCUT2D eigenvalue weighted by Gasteiger charge is 2.38. The van der Waals surface area contributed by atoms with E-state index in [2.05, 4.69) is 55.5 Å². The monoisotopic (exact) mass is 353 g/mol. The first-order valence-electron chi connectivity index (χ1n) is 9.71. The third kappa shape index (κ3) is 4.45. The van der Waals surface area contributed by atoms with Gasteiger partial charge in [0.25, 0.3) is 0 Å². The molecule has 26 heavy (non-hydrogen) atoms. The summed E-state index contributed by atoms with van der Waals surface area (Å²) in [5, 5.41) is 7.00. The number of hydrogen-bond acceptors (Lipinski definition) is 2. The van der Waals surface area contributed by atoms with Gasteiger partial charge < -0.3 is 15.2 Å². The van der Waals surface area contributed by atoms with Crippen molar-refractivity contribution < 1.29 is 0 Å². The first-order valence-corrected chi connectivity index (χ1v) is 9.71. The van der Waals surface area contributed by atoms with Crippen molar-refractivity contribution >= 4 is 5.96 Å². The number of aryl methyl sites for hydroxylation is 2. The lowest BCUT2D eigenvalue weighted by Gasteiger charge is -2.43. The fraction of sp³-hybridized carbons (Fsp3) is 0.524. The summed E-state index contributed by atoms with van der Waals surface area (Å²) in [5.41, 5.74) is 1.72. The van der Waals surface area contributed by atoms with Gasteiger partial charge in [-0.25, -0.2) is 4.98 Å². The van der Waals surface area contributed by atoms with E-state index in [0.717, 1.165) is 44.3 Å². The molecule has 0 spiro atoms. The molecule has 0 aliphatic heterocycles. The van der Waals surface area contributed by atoms with Gasteiger partial charge in [0, 0.05) is 44.5 Å². The van der Waals surface area contributed by atoms with Gasteiger partial charge in [-0.3, -0.25) is 4.99 Å². The number of nitrogens with one attached hydrogen (secondary N) is 2. The van der Waals surface area contributed by atoms with Gasteiger partial charge in [0.2, 0.25) is 0 Å². The molecule has 1 heterocycles. The molecule has 1 fully saturated rings. The molecule has 1 saturated carbocycles. The van der Waals surface area contributed by atoms with E-state index in [-0.39, 0.29) is 5.41 Å². The maximum absolute atomic E-state index is 4.38. The van der Waals surface area contributed by atoms with E-state index in [0.29, 0.717) is 0 Å². The zero-order valence-electron chi connectivity index (χ0n) is 16.0. The fourth-order valence-corrected chi connectivity index (χ4v) is 3.69. The van der Waals surface area contributed by atoms with Crippen molar-refractivity contribution in [2.24, 2.45) is 4.99 Å². The topological polar surface area (TPSA) is 54.2 Å². The Balaban J connectivity index is 1.40. The summed E-state index contributed by atoms with van der Waals surface area (Å²) in [6.45, 7) is 4.96. The van der Waals surface area contributed by atoms with E-state index in [4.69, 9.17) is 0 Å². The lowest BCUT2D eigenvalue weighted by molar-refractivity contribution is 0.244. The van der Waals surface area contributed by atoms with Crippen LogP contribution >= 0.6 is 0 Å². The molecular formula is C21H31N5. The second-order valence-electron chi connectivity index (χ2n) is 7.23. The minimum absolute atomic E-state index is 0.276. The van der Waals surface area contributed by atoms with Crippen LogP contribution in [0.5, 0.6) is 0 Å². The maximum Gasteiger partial charge on any atom is 0.191 e. The number of benzene rings is 1. The van der Waals surface area contributed by atoms with Gasteiger partial charge in [0.15, 0.2) is 5.96 Å². The average Bonchev–Trinajstić information content (AvgIpc) is 3.04. The van der Waals surface area contributed by atoms with Crippen LogP contribution in [0.25, 0.3) is 0 Å². The van der Waals surface area contributed by atoms with E-state index < -0.39 is 0 Å². The molecule has 3 rings (SSSR count). The predicted molar refractivity (Wildman–Crippen MR) is 108 cm³/mol. The average molecular weight is 354 g/mol. The second-order valence-corrected chi connectivity index (χ2v) is 7.23. The largest absolute Gasteiger partial charge is 0.356 e. The number of aliphatic imine (C=N–C) groups is 1. The number of nitrogens with zero attached hydrogens (tertiary/aromatic N) is 3. The second kappa shape index (κ2) is 8.88. The van der Waals surface area contributed by atoms with Crippen LogP contribution in [0.3, 0.4) is 0 Å². The Labute approximate surface area is 156 Å². The van der Waals surface area contributed by atoms with Crippen LogP contribution in [0.1, 0.15) is 43.5 Å². The number of guanidine groups is 1. The summed E-state index contributed by atoms with van der Waals surface area (Å²) in [5.74, 6) is 1.99. The summed E-state index contributed by atoms with van der Waals surface area (Å²) >= 11 is 0. The Morgan fingerprint density at radius 3 is 2.62 bits per heavy atom. The molecule has 1 aromatic heterocycles. The zero-order chi connectivity index (χ0) is 18.2. The molecule has 0 unspecified atom stereocenters. The van der Waals surface area contributed by atoms with Crippen molar-refractivity contribution in [2.75, 3.05) is 20.1 Å². The smallest absolute Gasteiger partial charge is 0.191 e. The van der Waals surface area contributed by atoms with Gasteiger partial charge in [-0.2, -0.15) is 0 Å². The summed E-state index contributed by atoms with van der Waals surface area (Å²) in [7, 11) is 1.85. The van der Waals surface area contributed by atoms with Gasteiger partial charge in [-0.1, -0.05) is 36.8 Å². The molecule has 2 N–H and O–H groups in total. The molecule has 0 saturated heterocycles. The molecule has 5 heteroatoms. The van der Waals surface area contributed by atoms with Gasteiger partial charge >= 0.3 is 0 Å². The lowest BCUT2D eigenvalue weighted by atomic mass is 9.64. The number of rotatable bonds is 8. The molecule has 140 valence electrons. The first-order chi connectivity index (χ1) is 12.7. The Morgan fingerprint density at radius 1 is 1.19 bits per heavy atom. The predicted octanol–water partition coefficient (Wildman–Crippen LogP) is 3.26. The van der Waals surface area contributed by atoms with E-state index in [9.17, 15) is 0 Å². The van der Waals surface area contributed by atoms with Crippen LogP contribution in [0.15, 0.2) is 47.7 Å². The quantitative estimate of drug-likeness (QED) is 0.435. The summed E-state index contributed by atoms with van der Waals surface area (Å²) < 4.78 is 2.20. The van der Waals surface area contributed by atoms with Crippen molar-refractivity contribution in [2.45, 2.75) is 51.0 Å². The highest BCUT2D eigenvalue weighted by atomic mass is 15.2. The Morgan fingerprint density at radius 2 is 2.00 bits per heavy atom. The van der Waals surface area contributed by atoms with Crippen LogP contribution in [0.2, 0.25) is 0 Å². The standard InChI is InChI=1S/C21H31N5/c1-18-23-14-16-26(18)15-7-6-13-24-20(22-2)25-17-21(11-8-12-21)19-9-4-3-5-10-19/h3-5,9-10,14,16H,6-8,11-13,15,17H2,1-2H3,(H2,22,24,25). The van der Waals surface area contributed by atoms with Crippen LogP contribution in [0.4, 0.5) is 0 Å². The van der Waals surface area contributed by atoms with E-state index in [1.54, 1.807) is 0 Å². The third-order valence-corrected chi connectivity index (χ3v) is 5.56. The summed E-state index contributed by atoms with van der Waals surface area (Å²) in [6.07, 6.45) is 9.98. The first kappa shape index (κ1) is 18.5. The van der Waals surface area contributed by atoms with Gasteiger partial charge in [-0.05, 0) is 38.2 Å². The number of imidazole rings is 1. The number of hydrogen-bond donors (Lipinski definition) is 2. The van der Waals surface area contributed by atoms with Crippen LogP contribution in [0, 0.1) is 6.92 Å². The van der Waals surface area contributed by atoms with E-state index in [1.165, 1.54) is 24.8 Å². The summed E-state index contributed by atoms with van der Waals surface area (Å²) in [6, 6.07) is 10.9. The molecule has 0 bridgehead atoms. The maximum atomic E-state index is 4.38. The van der Waals surface area contributed by atoms with Crippen LogP contribution < -0.4 is 10.6 Å². The number of unbranched alkanes of at least 4 members (excludes halogenated alkanes) is 1. The minimum Gasteiger partial charge on any atom is -0.356 e. The van der Waals surface area contributed by atoms with Crippen molar-refractivity contribution in [3.05, 3.63) is 54.1 Å². The number of aromatic nitrogens is 2. The third-order valence-electron chi connectivity index (χ3n) is 5.56. The van der Waals surface area contributed by atoms with Crippen molar-refractivity contribution in [3.8, 4) is 0 Å². The molecule has 0 atom stereocenters. The molecule has 1 aromatic carbocycles. The highest BCUT2D eigenvalue weighted by molar-refractivity contribution is 5.79. The normalized spacial score (nSPS) is 16.2. The van der Waals surface area contributed by atoms with Crippen molar-refractivity contribution in [3.63, 3.8) is 0 Å². The van der Waals surface area contributed by atoms with Crippen molar-refractivity contribution in [1.82, 2.24) is 20.2 Å². The summed E-state index contributed by atoms with van der Waals surface area (Å²) in [4.78, 5) is 8.65. The molecule has 5 nitrogen and oxygen atoms in total. The van der Waals surface area contributed by atoms with Gasteiger partial charge in [-0.15, -0.1) is 0 Å². The van der Waals surface area contributed by atoms with Crippen LogP contribution in [-0.2, 0) is 12.0 Å². The zero-order valence-corrected chi connectivity index (χ0v) is 16.0. The highest BCUT2D eigenvalue weighted by Crippen LogP contribution is 2.43. The van der Waals surface area contributed by atoms with Gasteiger partial charge in [0.05, 0.1) is 0 Å². The van der Waals surface area contributed by atoms with Gasteiger partial charge in [0.1, 0.15) is 5.82 Å². The van der Waals surface area contributed by atoms with E-state index in [1.807, 2.05) is 26.4 Å². The molecule has 0 amide bonds. The molecule has 2 aromatic rings.